The molecule has 0 amide bonds. The molecule has 0 aromatic carbocycles. The molecule has 0 saturated heterocycles. The first-order valence-corrected chi connectivity index (χ1v) is 8.03. The summed E-state index contributed by atoms with van der Waals surface area (Å²) in [5.41, 5.74) is 0. The molecule has 0 aliphatic rings. The molecule has 0 fully saturated rings. The number of anilines is 2. The van der Waals surface area contributed by atoms with Gasteiger partial charge in [0, 0.05) is 32.5 Å². The van der Waals surface area contributed by atoms with Crippen LogP contribution in [0.5, 0.6) is 0 Å². The number of sulfone groups is 1. The van der Waals surface area contributed by atoms with Gasteiger partial charge in [-0.1, -0.05) is 0 Å². The molecule has 7 nitrogen and oxygen atoms in total. The number of ether oxygens (including phenoxy) is 1. The first kappa shape index (κ1) is 15.6. The third-order valence-corrected chi connectivity index (χ3v) is 3.13. The van der Waals surface area contributed by atoms with Crippen LogP contribution in [0, 0.1) is 0 Å². The highest BCUT2D eigenvalue weighted by molar-refractivity contribution is 7.90. The zero-order chi connectivity index (χ0) is 14.3. The smallest absolute Gasteiger partial charge is 0.158 e. The van der Waals surface area contributed by atoms with Crippen molar-refractivity contribution in [2.45, 2.75) is 13.5 Å². The summed E-state index contributed by atoms with van der Waals surface area (Å²) in [4.78, 5) is 8.51. The van der Waals surface area contributed by atoms with Gasteiger partial charge in [-0.05, 0) is 6.92 Å². The number of nitrogens with zero attached hydrogens (tertiary/aromatic N) is 2. The summed E-state index contributed by atoms with van der Waals surface area (Å²) in [7, 11) is -1.41. The van der Waals surface area contributed by atoms with Gasteiger partial charge in [0.2, 0.25) is 0 Å². The van der Waals surface area contributed by atoms with Crippen molar-refractivity contribution < 1.29 is 13.2 Å². The monoisotopic (exact) mass is 288 g/mol. The second-order valence-corrected chi connectivity index (χ2v) is 6.33. The van der Waals surface area contributed by atoms with Gasteiger partial charge >= 0.3 is 0 Å². The number of rotatable bonds is 8. The Morgan fingerprint density at radius 3 is 2.42 bits per heavy atom. The maximum absolute atomic E-state index is 11.1. The zero-order valence-corrected chi connectivity index (χ0v) is 12.2. The van der Waals surface area contributed by atoms with Gasteiger partial charge in [0.25, 0.3) is 0 Å². The van der Waals surface area contributed by atoms with Gasteiger partial charge in [-0.3, -0.25) is 0 Å². The molecule has 1 rings (SSSR count). The van der Waals surface area contributed by atoms with E-state index in [0.717, 1.165) is 6.54 Å². The van der Waals surface area contributed by atoms with Crippen molar-refractivity contribution in [2.75, 3.05) is 42.8 Å². The molecule has 0 aliphatic carbocycles. The van der Waals surface area contributed by atoms with E-state index in [4.69, 9.17) is 4.74 Å². The van der Waals surface area contributed by atoms with E-state index in [-0.39, 0.29) is 5.75 Å². The predicted molar refractivity (Wildman–Crippen MR) is 75.1 cm³/mol. The highest BCUT2D eigenvalue weighted by Crippen LogP contribution is 2.11. The quantitative estimate of drug-likeness (QED) is 0.720. The first-order valence-electron chi connectivity index (χ1n) is 5.97. The molecule has 19 heavy (non-hydrogen) atoms. The van der Waals surface area contributed by atoms with Crippen LogP contribution in [-0.2, 0) is 21.2 Å². The predicted octanol–water partition coefficient (Wildman–Crippen LogP) is 0.511. The molecule has 2 N–H and O–H groups in total. The highest BCUT2D eigenvalue weighted by atomic mass is 32.2. The first-order chi connectivity index (χ1) is 8.94. The van der Waals surface area contributed by atoms with E-state index >= 15 is 0 Å². The van der Waals surface area contributed by atoms with Crippen molar-refractivity contribution in [1.82, 2.24) is 9.97 Å². The van der Waals surface area contributed by atoms with Gasteiger partial charge in [0.05, 0.1) is 5.75 Å². The summed E-state index contributed by atoms with van der Waals surface area (Å²) >= 11 is 0. The number of methoxy groups -OCH3 is 1. The minimum absolute atomic E-state index is 0.0627. The van der Waals surface area contributed by atoms with Crippen LogP contribution in [0.4, 0.5) is 11.6 Å². The van der Waals surface area contributed by atoms with Crippen LogP contribution in [0.25, 0.3) is 0 Å². The van der Waals surface area contributed by atoms with Crippen molar-refractivity contribution in [1.29, 1.82) is 0 Å². The molecule has 108 valence electrons. The Kier molecular flexibility index (Phi) is 5.97. The maximum Gasteiger partial charge on any atom is 0.158 e. The Labute approximate surface area is 113 Å². The van der Waals surface area contributed by atoms with E-state index in [9.17, 15) is 8.42 Å². The van der Waals surface area contributed by atoms with Crippen molar-refractivity contribution in [2.24, 2.45) is 0 Å². The average molecular weight is 288 g/mol. The van der Waals surface area contributed by atoms with Crippen molar-refractivity contribution in [3.05, 3.63) is 11.9 Å². The van der Waals surface area contributed by atoms with Crippen molar-refractivity contribution in [3.63, 3.8) is 0 Å². The SMILES string of the molecule is CCNc1cc(NCCS(C)(=O)=O)nc(COC)n1. The second-order valence-electron chi connectivity index (χ2n) is 4.07. The molecule has 0 unspecified atom stereocenters. The third-order valence-electron chi connectivity index (χ3n) is 2.18. The standard InChI is InChI=1S/C11H20N4O3S/c1-4-12-9-7-10(13-5-6-19(3,16)17)15-11(14-9)8-18-2/h7H,4-6,8H2,1-3H3,(H2,12,13,14,15). The Morgan fingerprint density at radius 1 is 1.26 bits per heavy atom. The lowest BCUT2D eigenvalue weighted by Gasteiger charge is -2.10. The molecule has 8 heteroatoms. The number of aromatic nitrogens is 2. The van der Waals surface area contributed by atoms with E-state index in [1.54, 1.807) is 13.2 Å². The second kappa shape index (κ2) is 7.25. The van der Waals surface area contributed by atoms with E-state index in [2.05, 4.69) is 20.6 Å². The third kappa shape index (κ3) is 6.35. The number of hydrogen-bond acceptors (Lipinski definition) is 7. The summed E-state index contributed by atoms with van der Waals surface area (Å²) in [5.74, 6) is 1.88. The fourth-order valence-corrected chi connectivity index (χ4v) is 1.89. The van der Waals surface area contributed by atoms with Crippen LogP contribution in [0.1, 0.15) is 12.7 Å². The molecule has 1 heterocycles. The summed E-state index contributed by atoms with van der Waals surface area (Å²) in [6.45, 7) is 3.33. The molecule has 0 spiro atoms. The summed E-state index contributed by atoms with van der Waals surface area (Å²) in [5, 5.41) is 6.06. The number of nitrogens with one attached hydrogen (secondary N) is 2. The van der Waals surface area contributed by atoms with Crippen LogP contribution >= 0.6 is 0 Å². The zero-order valence-electron chi connectivity index (χ0n) is 11.4. The van der Waals surface area contributed by atoms with Crippen LogP contribution in [-0.4, -0.2) is 50.6 Å². The summed E-state index contributed by atoms with van der Waals surface area (Å²) in [6, 6.07) is 1.74. The minimum Gasteiger partial charge on any atom is -0.377 e. The van der Waals surface area contributed by atoms with Crippen LogP contribution in [0.3, 0.4) is 0 Å². The topological polar surface area (TPSA) is 93.2 Å². The Hall–Kier alpha value is -1.41. The summed E-state index contributed by atoms with van der Waals surface area (Å²) < 4.78 is 27.1. The van der Waals surface area contributed by atoms with Crippen molar-refractivity contribution in [3.8, 4) is 0 Å². The van der Waals surface area contributed by atoms with Crippen LogP contribution < -0.4 is 10.6 Å². The van der Waals surface area contributed by atoms with E-state index in [1.807, 2.05) is 6.92 Å². The normalized spacial score (nSPS) is 11.3. The van der Waals surface area contributed by atoms with E-state index in [0.29, 0.717) is 30.6 Å². The molecule has 1 aromatic rings. The Balaban J connectivity index is 2.74. The molecule has 0 radical (unpaired) electrons. The lowest BCUT2D eigenvalue weighted by molar-refractivity contribution is 0.178. The van der Waals surface area contributed by atoms with Gasteiger partial charge < -0.3 is 15.4 Å². The van der Waals surface area contributed by atoms with E-state index in [1.165, 1.54) is 6.26 Å². The molecule has 1 aromatic heterocycles. The molecule has 0 saturated carbocycles. The Bertz CT molecular complexity index is 480. The van der Waals surface area contributed by atoms with Gasteiger partial charge in [0.15, 0.2) is 5.82 Å². The molecular formula is C11H20N4O3S. The largest absolute Gasteiger partial charge is 0.377 e. The van der Waals surface area contributed by atoms with Gasteiger partial charge in [-0.25, -0.2) is 18.4 Å². The van der Waals surface area contributed by atoms with Gasteiger partial charge in [-0.2, -0.15) is 0 Å². The number of hydrogen-bond donors (Lipinski definition) is 2. The molecular weight excluding hydrogens is 268 g/mol. The minimum atomic E-state index is -2.98. The highest BCUT2D eigenvalue weighted by Gasteiger charge is 2.06. The van der Waals surface area contributed by atoms with Crippen LogP contribution in [0.15, 0.2) is 6.07 Å². The van der Waals surface area contributed by atoms with Gasteiger partial charge in [0.1, 0.15) is 28.1 Å². The fourth-order valence-electron chi connectivity index (χ4n) is 1.42. The van der Waals surface area contributed by atoms with Crippen molar-refractivity contribution >= 4 is 21.5 Å². The average Bonchev–Trinajstić information content (AvgIpc) is 2.28. The lowest BCUT2D eigenvalue weighted by atomic mass is 10.4. The lowest BCUT2D eigenvalue weighted by Crippen LogP contribution is -2.16. The van der Waals surface area contributed by atoms with E-state index < -0.39 is 9.84 Å². The molecule has 0 atom stereocenters. The summed E-state index contributed by atoms with van der Waals surface area (Å²) in [6.07, 6.45) is 1.20. The fraction of sp³-hybridized carbons (Fsp3) is 0.636. The Morgan fingerprint density at radius 2 is 1.89 bits per heavy atom. The van der Waals surface area contributed by atoms with Gasteiger partial charge in [-0.15, -0.1) is 0 Å². The maximum atomic E-state index is 11.1. The van der Waals surface area contributed by atoms with Crippen LogP contribution in [0.2, 0.25) is 0 Å². The molecule has 0 aliphatic heterocycles. The molecule has 0 bridgehead atoms.